The van der Waals surface area contributed by atoms with E-state index in [1.807, 2.05) is 11.6 Å². The number of rotatable bonds is 9. The summed E-state index contributed by atoms with van der Waals surface area (Å²) in [7, 11) is 2.04. The molecule has 1 heterocycles. The Labute approximate surface area is 147 Å². The first-order valence-corrected chi connectivity index (χ1v) is 9.21. The Bertz CT molecular complexity index is 603. The minimum atomic E-state index is 1.16. The molecule has 128 valence electrons. The van der Waals surface area contributed by atoms with Gasteiger partial charge in [-0.05, 0) is 36.1 Å². The third kappa shape index (κ3) is 5.84. The number of hydrogen-bond donors (Lipinski definition) is 0. The van der Waals surface area contributed by atoms with Crippen molar-refractivity contribution in [1.29, 1.82) is 0 Å². The molecular formula is C22H31N2+. The third-order valence-electron chi connectivity index (χ3n) is 4.29. The maximum Gasteiger partial charge on any atom is 0.169 e. The summed E-state index contributed by atoms with van der Waals surface area (Å²) < 4.78 is 2.05. The maximum absolute atomic E-state index is 2.53. The van der Waals surface area contributed by atoms with Gasteiger partial charge in [0.05, 0.1) is 0 Å². The molecule has 0 aliphatic heterocycles. The second-order valence-electron chi connectivity index (χ2n) is 6.42. The molecule has 0 aliphatic carbocycles. The lowest BCUT2D eigenvalue weighted by Gasteiger charge is -2.24. The highest BCUT2D eigenvalue weighted by molar-refractivity contribution is 5.70. The molecule has 2 rings (SSSR count). The molecule has 0 saturated heterocycles. The topological polar surface area (TPSA) is 7.12 Å². The van der Waals surface area contributed by atoms with Gasteiger partial charge < -0.3 is 4.90 Å². The average Bonchev–Trinajstić information content (AvgIpc) is 2.62. The lowest BCUT2D eigenvalue weighted by molar-refractivity contribution is -0.671. The van der Waals surface area contributed by atoms with Crippen LogP contribution in [-0.2, 0) is 7.05 Å². The average molecular weight is 324 g/mol. The van der Waals surface area contributed by atoms with E-state index in [1.54, 1.807) is 0 Å². The van der Waals surface area contributed by atoms with Crippen molar-refractivity contribution in [3.05, 3.63) is 59.9 Å². The number of pyridine rings is 1. The van der Waals surface area contributed by atoms with Crippen molar-refractivity contribution in [1.82, 2.24) is 0 Å². The number of nitrogens with zero attached hydrogens (tertiary/aromatic N) is 2. The van der Waals surface area contributed by atoms with Crippen molar-refractivity contribution in [3.8, 4) is 0 Å². The van der Waals surface area contributed by atoms with Crippen LogP contribution in [0.15, 0.2) is 48.8 Å². The molecule has 0 unspecified atom stereocenters. The summed E-state index contributed by atoms with van der Waals surface area (Å²) >= 11 is 0. The molecule has 1 aromatic carbocycles. The van der Waals surface area contributed by atoms with Gasteiger partial charge in [0.15, 0.2) is 12.4 Å². The Morgan fingerprint density at radius 1 is 0.792 bits per heavy atom. The molecule has 0 atom stereocenters. The number of aryl methyl sites for hydroxylation is 1. The third-order valence-corrected chi connectivity index (χ3v) is 4.29. The van der Waals surface area contributed by atoms with E-state index in [1.165, 1.54) is 42.5 Å². The summed E-state index contributed by atoms with van der Waals surface area (Å²) in [5.74, 6) is 0. The Morgan fingerprint density at radius 2 is 1.29 bits per heavy atom. The molecule has 24 heavy (non-hydrogen) atoms. The van der Waals surface area contributed by atoms with Gasteiger partial charge in [-0.1, -0.05) is 51.0 Å². The summed E-state index contributed by atoms with van der Waals surface area (Å²) in [6, 6.07) is 13.2. The van der Waals surface area contributed by atoms with E-state index in [0.29, 0.717) is 0 Å². The normalized spacial score (nSPS) is 11.1. The van der Waals surface area contributed by atoms with Crippen molar-refractivity contribution in [3.63, 3.8) is 0 Å². The van der Waals surface area contributed by atoms with Crippen molar-refractivity contribution in [2.24, 2.45) is 7.05 Å². The highest BCUT2D eigenvalue weighted by Crippen LogP contribution is 2.18. The van der Waals surface area contributed by atoms with Crippen LogP contribution in [0.25, 0.3) is 12.2 Å². The molecule has 2 nitrogen and oxygen atoms in total. The first-order valence-electron chi connectivity index (χ1n) is 9.21. The molecule has 0 aliphatic rings. The van der Waals surface area contributed by atoms with E-state index in [2.05, 4.69) is 79.7 Å². The van der Waals surface area contributed by atoms with Gasteiger partial charge in [0.1, 0.15) is 7.05 Å². The van der Waals surface area contributed by atoms with Crippen LogP contribution in [-0.4, -0.2) is 13.1 Å². The van der Waals surface area contributed by atoms with E-state index in [0.717, 1.165) is 13.1 Å². The van der Waals surface area contributed by atoms with Crippen LogP contribution in [0, 0.1) is 0 Å². The lowest BCUT2D eigenvalue weighted by Crippen LogP contribution is -2.25. The van der Waals surface area contributed by atoms with Crippen molar-refractivity contribution < 1.29 is 4.57 Å². The maximum atomic E-state index is 2.53. The van der Waals surface area contributed by atoms with Gasteiger partial charge in [-0.25, -0.2) is 4.57 Å². The van der Waals surface area contributed by atoms with E-state index in [9.17, 15) is 0 Å². The van der Waals surface area contributed by atoms with Crippen LogP contribution >= 0.6 is 0 Å². The first-order chi connectivity index (χ1) is 11.7. The second kappa shape index (κ2) is 9.92. The van der Waals surface area contributed by atoms with E-state index < -0.39 is 0 Å². The van der Waals surface area contributed by atoms with Crippen LogP contribution < -0.4 is 9.47 Å². The number of hydrogen-bond acceptors (Lipinski definition) is 1. The SMILES string of the molecule is CCCCN(CCCC)c1ccc(/C=C/c2cc[n+](C)cc2)cc1. The van der Waals surface area contributed by atoms with Gasteiger partial charge in [-0.15, -0.1) is 0 Å². The lowest BCUT2D eigenvalue weighted by atomic mass is 10.1. The minimum absolute atomic E-state index is 1.16. The van der Waals surface area contributed by atoms with Crippen LogP contribution in [0.3, 0.4) is 0 Å². The quantitative estimate of drug-likeness (QED) is 0.583. The van der Waals surface area contributed by atoms with E-state index in [-0.39, 0.29) is 0 Å². The van der Waals surface area contributed by atoms with Crippen molar-refractivity contribution >= 4 is 17.8 Å². The molecule has 1 aromatic heterocycles. The van der Waals surface area contributed by atoms with Crippen molar-refractivity contribution in [2.75, 3.05) is 18.0 Å². The molecule has 0 N–H and O–H groups in total. The molecule has 0 amide bonds. The van der Waals surface area contributed by atoms with Crippen LogP contribution in [0.1, 0.15) is 50.7 Å². The highest BCUT2D eigenvalue weighted by Gasteiger charge is 2.05. The summed E-state index contributed by atoms with van der Waals surface area (Å²) in [4.78, 5) is 2.53. The minimum Gasteiger partial charge on any atom is -0.372 e. The predicted molar refractivity (Wildman–Crippen MR) is 105 cm³/mol. The molecule has 0 fully saturated rings. The fraction of sp³-hybridized carbons (Fsp3) is 0.409. The summed E-state index contributed by atoms with van der Waals surface area (Å²) in [6.45, 7) is 6.84. The van der Waals surface area contributed by atoms with Gasteiger partial charge in [0.2, 0.25) is 0 Å². The van der Waals surface area contributed by atoms with Gasteiger partial charge in [0.25, 0.3) is 0 Å². The van der Waals surface area contributed by atoms with Gasteiger partial charge in [-0.2, -0.15) is 0 Å². The zero-order chi connectivity index (χ0) is 17.2. The highest BCUT2D eigenvalue weighted by atomic mass is 15.1. The summed E-state index contributed by atoms with van der Waals surface area (Å²) in [5, 5.41) is 0. The Kier molecular flexibility index (Phi) is 7.54. The Balaban J connectivity index is 2.03. The number of anilines is 1. The molecule has 2 aromatic rings. The van der Waals surface area contributed by atoms with Crippen LogP contribution in [0.2, 0.25) is 0 Å². The largest absolute Gasteiger partial charge is 0.372 e. The molecule has 0 bridgehead atoms. The fourth-order valence-corrected chi connectivity index (χ4v) is 2.68. The Hall–Kier alpha value is -2.09. The van der Waals surface area contributed by atoms with Crippen LogP contribution in [0.5, 0.6) is 0 Å². The Morgan fingerprint density at radius 3 is 1.79 bits per heavy atom. The first kappa shape index (κ1) is 18.3. The molecular weight excluding hydrogens is 292 g/mol. The molecule has 0 radical (unpaired) electrons. The smallest absolute Gasteiger partial charge is 0.169 e. The fourth-order valence-electron chi connectivity index (χ4n) is 2.68. The van der Waals surface area contributed by atoms with Crippen LogP contribution in [0.4, 0.5) is 5.69 Å². The monoisotopic (exact) mass is 323 g/mol. The number of aromatic nitrogens is 1. The number of benzene rings is 1. The zero-order valence-corrected chi connectivity index (χ0v) is 15.4. The van der Waals surface area contributed by atoms with Crippen molar-refractivity contribution in [2.45, 2.75) is 39.5 Å². The molecule has 2 heteroatoms. The molecule has 0 spiro atoms. The standard InChI is InChI=1S/C22H31N2/c1-4-6-16-24(17-7-5-2)22-12-10-20(11-13-22)8-9-21-14-18-23(3)19-15-21/h8-15,18-19H,4-7,16-17H2,1-3H3/q+1. The molecule has 0 saturated carbocycles. The second-order valence-corrected chi connectivity index (χ2v) is 6.42. The van der Waals surface area contributed by atoms with Gasteiger partial charge in [0, 0.05) is 30.9 Å². The predicted octanol–water partition coefficient (Wildman–Crippen LogP) is 5.09. The number of unbranched alkanes of at least 4 members (excludes halogenated alkanes) is 2. The van der Waals surface area contributed by atoms with Gasteiger partial charge in [-0.3, -0.25) is 0 Å². The van der Waals surface area contributed by atoms with E-state index in [4.69, 9.17) is 0 Å². The van der Waals surface area contributed by atoms with E-state index >= 15 is 0 Å². The van der Waals surface area contributed by atoms with Gasteiger partial charge >= 0.3 is 0 Å². The zero-order valence-electron chi connectivity index (χ0n) is 15.4. The summed E-state index contributed by atoms with van der Waals surface area (Å²) in [5.41, 5.74) is 3.82. The summed E-state index contributed by atoms with van der Waals surface area (Å²) in [6.07, 6.45) is 13.5.